The summed E-state index contributed by atoms with van der Waals surface area (Å²) in [5.41, 5.74) is 0. The van der Waals surface area contributed by atoms with Crippen molar-refractivity contribution in [2.75, 3.05) is 13.2 Å². The van der Waals surface area contributed by atoms with Crippen molar-refractivity contribution in [3.63, 3.8) is 0 Å². The summed E-state index contributed by atoms with van der Waals surface area (Å²) in [4.78, 5) is 38.4. The monoisotopic (exact) mass is 1120 g/mol. The third-order valence-electron chi connectivity index (χ3n) is 14.7. The molecule has 0 heterocycles. The van der Waals surface area contributed by atoms with Crippen LogP contribution in [0.2, 0.25) is 0 Å². The lowest BCUT2D eigenvalue weighted by atomic mass is 10.0. The Bertz CT molecular complexity index is 1620. The predicted molar refractivity (Wildman–Crippen MR) is 353 cm³/mol. The summed E-state index contributed by atoms with van der Waals surface area (Å²) >= 11 is 0. The average molecular weight is 1130 g/mol. The van der Waals surface area contributed by atoms with Crippen LogP contribution in [0.4, 0.5) is 0 Å². The number of unbranched alkanes of at least 4 members (excludes halogenated alkanes) is 33. The molecule has 81 heavy (non-hydrogen) atoms. The number of esters is 3. The minimum atomic E-state index is -0.800. The molecule has 6 nitrogen and oxygen atoms in total. The second-order valence-electron chi connectivity index (χ2n) is 22.7. The molecule has 0 saturated heterocycles. The standard InChI is InChI=1S/C75H128O6/c1-4-7-10-13-16-19-22-25-28-31-33-35-36-37-38-40-41-44-47-50-53-56-59-62-65-68-74(77)80-71-72(70-79-73(76)67-64-61-58-55-52-49-46-43-30-27-24-21-18-15-12-9-6-3)81-75(78)69-66-63-60-57-54-51-48-45-42-39-34-32-29-26-23-20-17-14-11-8-5-2/h9,12,18,21-23,25-27,30-34,42,45-46,49,72H,4-8,10-11,13-17,19-20,24,28-29,35-41,43-44,47-48,50-71H2,1-3H3/b12-9-,21-18-,25-22-,26-23-,30-27-,33-31-,34-32-,45-42-,49-46-. The van der Waals surface area contributed by atoms with E-state index in [9.17, 15) is 14.4 Å². The Kier molecular flexibility index (Phi) is 65.2. The van der Waals surface area contributed by atoms with Gasteiger partial charge in [-0.05, 0) is 128 Å². The molecule has 0 aromatic heterocycles. The van der Waals surface area contributed by atoms with Gasteiger partial charge in [-0.25, -0.2) is 0 Å². The Morgan fingerprint density at radius 1 is 0.259 bits per heavy atom. The molecule has 0 rings (SSSR count). The molecule has 0 aromatic carbocycles. The van der Waals surface area contributed by atoms with Crippen LogP contribution in [0.5, 0.6) is 0 Å². The average Bonchev–Trinajstić information content (AvgIpc) is 3.47. The molecule has 0 amide bonds. The third-order valence-corrected chi connectivity index (χ3v) is 14.7. The minimum Gasteiger partial charge on any atom is -0.462 e. The Labute approximate surface area is 501 Å². The summed E-state index contributed by atoms with van der Waals surface area (Å²) in [6.07, 6.45) is 93.9. The number of carbonyl (C=O) groups is 3. The smallest absolute Gasteiger partial charge is 0.306 e. The van der Waals surface area contributed by atoms with Gasteiger partial charge in [0.2, 0.25) is 0 Å². The summed E-state index contributed by atoms with van der Waals surface area (Å²) < 4.78 is 17.0. The highest BCUT2D eigenvalue weighted by Crippen LogP contribution is 2.16. The molecule has 0 aliphatic rings. The molecule has 0 aromatic rings. The van der Waals surface area contributed by atoms with E-state index in [0.29, 0.717) is 19.3 Å². The zero-order valence-corrected chi connectivity index (χ0v) is 53.3. The first kappa shape index (κ1) is 77.1. The van der Waals surface area contributed by atoms with Gasteiger partial charge in [0, 0.05) is 19.3 Å². The number of carbonyl (C=O) groups excluding carboxylic acids is 3. The lowest BCUT2D eigenvalue weighted by molar-refractivity contribution is -0.167. The van der Waals surface area contributed by atoms with Crippen molar-refractivity contribution >= 4 is 17.9 Å². The van der Waals surface area contributed by atoms with E-state index in [2.05, 4.69) is 130 Å². The molecule has 464 valence electrons. The van der Waals surface area contributed by atoms with Crippen LogP contribution in [-0.2, 0) is 28.6 Å². The molecule has 0 saturated carbocycles. The first-order valence-corrected chi connectivity index (χ1v) is 34.4. The van der Waals surface area contributed by atoms with Crippen LogP contribution < -0.4 is 0 Å². The van der Waals surface area contributed by atoms with E-state index in [-0.39, 0.29) is 31.1 Å². The van der Waals surface area contributed by atoms with Crippen molar-refractivity contribution in [1.82, 2.24) is 0 Å². The summed E-state index contributed by atoms with van der Waals surface area (Å²) in [6, 6.07) is 0. The van der Waals surface area contributed by atoms with Crippen LogP contribution in [0, 0.1) is 0 Å². The van der Waals surface area contributed by atoms with Gasteiger partial charge in [-0.3, -0.25) is 14.4 Å². The van der Waals surface area contributed by atoms with Gasteiger partial charge in [-0.1, -0.05) is 291 Å². The van der Waals surface area contributed by atoms with Crippen molar-refractivity contribution in [2.45, 2.75) is 335 Å². The van der Waals surface area contributed by atoms with Crippen LogP contribution in [-0.4, -0.2) is 37.2 Å². The molecule has 0 radical (unpaired) electrons. The van der Waals surface area contributed by atoms with Crippen LogP contribution >= 0.6 is 0 Å². The lowest BCUT2D eigenvalue weighted by Crippen LogP contribution is -2.30. The van der Waals surface area contributed by atoms with Crippen LogP contribution in [0.3, 0.4) is 0 Å². The molecule has 0 bridgehead atoms. The van der Waals surface area contributed by atoms with E-state index >= 15 is 0 Å². The van der Waals surface area contributed by atoms with Gasteiger partial charge in [0.1, 0.15) is 13.2 Å². The molecular formula is C75H128O6. The van der Waals surface area contributed by atoms with E-state index in [1.165, 1.54) is 161 Å². The van der Waals surface area contributed by atoms with Gasteiger partial charge in [0.25, 0.3) is 0 Å². The van der Waals surface area contributed by atoms with Crippen molar-refractivity contribution in [3.05, 3.63) is 109 Å². The Morgan fingerprint density at radius 3 is 0.753 bits per heavy atom. The minimum absolute atomic E-state index is 0.0919. The van der Waals surface area contributed by atoms with Crippen molar-refractivity contribution in [2.24, 2.45) is 0 Å². The van der Waals surface area contributed by atoms with Crippen molar-refractivity contribution in [1.29, 1.82) is 0 Å². The highest BCUT2D eigenvalue weighted by molar-refractivity contribution is 5.71. The quantitative estimate of drug-likeness (QED) is 0.0261. The van der Waals surface area contributed by atoms with Gasteiger partial charge < -0.3 is 14.2 Å². The van der Waals surface area contributed by atoms with Gasteiger partial charge in [-0.2, -0.15) is 0 Å². The molecule has 6 heteroatoms. The first-order valence-electron chi connectivity index (χ1n) is 34.4. The van der Waals surface area contributed by atoms with E-state index in [1.54, 1.807) is 0 Å². The molecule has 0 spiro atoms. The van der Waals surface area contributed by atoms with E-state index in [4.69, 9.17) is 14.2 Å². The summed E-state index contributed by atoms with van der Waals surface area (Å²) in [5.74, 6) is -0.919. The van der Waals surface area contributed by atoms with Gasteiger partial charge >= 0.3 is 17.9 Å². The summed E-state index contributed by atoms with van der Waals surface area (Å²) in [5, 5.41) is 0. The topological polar surface area (TPSA) is 78.9 Å². The van der Waals surface area contributed by atoms with Crippen LogP contribution in [0.25, 0.3) is 0 Å². The molecular weight excluding hydrogens is 997 g/mol. The van der Waals surface area contributed by atoms with Crippen molar-refractivity contribution < 1.29 is 28.6 Å². The second-order valence-corrected chi connectivity index (χ2v) is 22.7. The molecule has 0 aliphatic carbocycles. The number of allylic oxidation sites excluding steroid dienone is 18. The first-order chi connectivity index (χ1) is 40.0. The van der Waals surface area contributed by atoms with Gasteiger partial charge in [-0.15, -0.1) is 0 Å². The molecule has 1 atom stereocenters. The van der Waals surface area contributed by atoms with E-state index < -0.39 is 6.10 Å². The van der Waals surface area contributed by atoms with E-state index in [0.717, 1.165) is 128 Å². The highest BCUT2D eigenvalue weighted by atomic mass is 16.6. The lowest BCUT2D eigenvalue weighted by Gasteiger charge is -2.18. The van der Waals surface area contributed by atoms with Crippen LogP contribution in [0.15, 0.2) is 109 Å². The zero-order valence-electron chi connectivity index (χ0n) is 53.3. The summed E-state index contributed by atoms with van der Waals surface area (Å²) in [7, 11) is 0. The maximum atomic E-state index is 12.9. The fourth-order valence-electron chi connectivity index (χ4n) is 9.59. The number of ether oxygens (including phenoxy) is 3. The van der Waals surface area contributed by atoms with Gasteiger partial charge in [0.15, 0.2) is 6.10 Å². The molecule has 0 aliphatic heterocycles. The SMILES string of the molecule is CC/C=C\C/C=C\C/C=C\C/C=C\CCCCCCC(=O)OCC(COC(=O)CCCCCCCCCCCCCCC/C=C\C/C=C\CCCCCCC)OC(=O)CCCCCCCC/C=C\C/C=C\C/C=C\CCCCCCC. The number of hydrogen-bond donors (Lipinski definition) is 0. The highest BCUT2D eigenvalue weighted by Gasteiger charge is 2.19. The van der Waals surface area contributed by atoms with Crippen molar-refractivity contribution in [3.8, 4) is 0 Å². The molecule has 0 N–H and O–H groups in total. The molecule has 1 unspecified atom stereocenters. The predicted octanol–water partition coefficient (Wildman–Crippen LogP) is 23.8. The Hall–Kier alpha value is -3.93. The molecule has 0 fully saturated rings. The third kappa shape index (κ3) is 66.8. The second kappa shape index (κ2) is 68.6. The largest absolute Gasteiger partial charge is 0.462 e. The number of hydrogen-bond acceptors (Lipinski definition) is 6. The van der Waals surface area contributed by atoms with E-state index in [1.807, 2.05) is 0 Å². The summed E-state index contributed by atoms with van der Waals surface area (Å²) in [6.45, 7) is 6.50. The maximum absolute atomic E-state index is 12.9. The fourth-order valence-corrected chi connectivity index (χ4v) is 9.59. The fraction of sp³-hybridized carbons (Fsp3) is 0.720. The van der Waals surface area contributed by atoms with Gasteiger partial charge in [0.05, 0.1) is 0 Å². The maximum Gasteiger partial charge on any atom is 0.306 e. The zero-order chi connectivity index (χ0) is 58.5. The number of rotatable bonds is 62. The Morgan fingerprint density at radius 2 is 0.481 bits per heavy atom. The van der Waals surface area contributed by atoms with Crippen LogP contribution in [0.1, 0.15) is 329 Å². The normalized spacial score (nSPS) is 12.8. The Balaban J connectivity index is 4.40.